The van der Waals surface area contributed by atoms with Crippen LogP contribution < -0.4 is 40.0 Å². The molecule has 0 saturated carbocycles. The molecule has 0 fully saturated rings. The molecule has 1 aromatic heterocycles. The van der Waals surface area contributed by atoms with Crippen LogP contribution in [-0.2, 0) is 4.74 Å². The van der Waals surface area contributed by atoms with E-state index >= 15 is 0 Å². The molecule has 6 nitrogen and oxygen atoms in total. The fourth-order valence-electron chi connectivity index (χ4n) is 2.06. The van der Waals surface area contributed by atoms with Crippen LogP contribution in [0.2, 0.25) is 0 Å². The zero-order valence-electron chi connectivity index (χ0n) is 14.4. The smallest absolute Gasteiger partial charge is 0.870 e. The number of nitrogens with zero attached hydrogens (tertiary/aromatic N) is 1. The predicted octanol–water partition coefficient (Wildman–Crippen LogP) is -0.529. The van der Waals surface area contributed by atoms with Crippen LogP contribution >= 0.6 is 0 Å². The van der Waals surface area contributed by atoms with Gasteiger partial charge in [-0.2, -0.15) is 0 Å². The largest absolute Gasteiger partial charge is 1.00 e. The summed E-state index contributed by atoms with van der Waals surface area (Å²) in [6.45, 7) is 3.92. The third-order valence-electron chi connectivity index (χ3n) is 3.28. The number of methoxy groups -OCH3 is 1. The van der Waals surface area contributed by atoms with E-state index in [2.05, 4.69) is 9.72 Å². The predicted molar refractivity (Wildman–Crippen MR) is 85.7 cm³/mol. The first kappa shape index (κ1) is 22.6. The van der Waals surface area contributed by atoms with Crippen molar-refractivity contribution in [2.45, 2.75) is 26.0 Å². The van der Waals surface area contributed by atoms with Gasteiger partial charge in [0.2, 0.25) is 0 Å². The van der Waals surface area contributed by atoms with Crippen molar-refractivity contribution in [2.24, 2.45) is 5.73 Å². The van der Waals surface area contributed by atoms with E-state index in [0.717, 1.165) is 5.56 Å². The minimum Gasteiger partial charge on any atom is -0.870 e. The Hall–Kier alpha value is -1.44. The first-order chi connectivity index (χ1) is 10.5. The number of ether oxygens (including phenoxy) is 2. The Kier molecular flexibility index (Phi) is 9.80. The molecule has 0 bridgehead atoms. The third-order valence-corrected chi connectivity index (χ3v) is 3.28. The zero-order valence-corrected chi connectivity index (χ0v) is 16.4. The van der Waals surface area contributed by atoms with E-state index < -0.39 is 5.97 Å². The second-order valence-corrected chi connectivity index (χ2v) is 5.18. The molecule has 0 radical (unpaired) electrons. The van der Waals surface area contributed by atoms with Crippen molar-refractivity contribution in [1.82, 2.24) is 4.98 Å². The van der Waals surface area contributed by atoms with Gasteiger partial charge in [-0.25, -0.2) is 9.78 Å². The van der Waals surface area contributed by atoms with E-state index in [9.17, 15) is 4.79 Å². The van der Waals surface area contributed by atoms with Crippen molar-refractivity contribution in [3.8, 4) is 5.75 Å². The summed E-state index contributed by atoms with van der Waals surface area (Å²) >= 11 is 0. The van der Waals surface area contributed by atoms with Gasteiger partial charge in [-0.1, -0.05) is 29.8 Å². The summed E-state index contributed by atoms with van der Waals surface area (Å²) in [5, 5.41) is 0. The van der Waals surface area contributed by atoms with Crippen molar-refractivity contribution in [3.63, 3.8) is 0 Å². The van der Waals surface area contributed by atoms with Crippen molar-refractivity contribution >= 4 is 5.97 Å². The summed E-state index contributed by atoms with van der Waals surface area (Å²) in [4.78, 5) is 15.4. The van der Waals surface area contributed by atoms with Gasteiger partial charge in [-0.3, -0.25) is 0 Å². The summed E-state index contributed by atoms with van der Waals surface area (Å²) in [5.41, 5.74) is 8.45. The Morgan fingerprint density at radius 3 is 2.25 bits per heavy atom. The van der Waals surface area contributed by atoms with Crippen molar-refractivity contribution in [2.75, 3.05) is 7.11 Å². The van der Waals surface area contributed by atoms with E-state index in [4.69, 9.17) is 10.5 Å². The van der Waals surface area contributed by atoms with Crippen LogP contribution in [0.25, 0.3) is 0 Å². The molecule has 3 N–H and O–H groups in total. The number of carbonyl (C=O) groups is 1. The Labute approximate surface area is 164 Å². The van der Waals surface area contributed by atoms with Crippen LogP contribution in [0, 0.1) is 6.92 Å². The second kappa shape index (κ2) is 10.4. The minimum absolute atomic E-state index is 0. The molecule has 0 aliphatic rings. The monoisotopic (exact) mass is 340 g/mol. The van der Waals surface area contributed by atoms with Crippen molar-refractivity contribution < 1.29 is 49.3 Å². The number of nitrogens with two attached hydrogens (primary N) is 1. The molecular weight excluding hydrogens is 319 g/mol. The molecule has 124 valence electrons. The van der Waals surface area contributed by atoms with Crippen LogP contribution in [-0.4, -0.2) is 29.6 Å². The fraction of sp³-hybridized carbons (Fsp3) is 0.294. The molecule has 7 heteroatoms. The minimum atomic E-state index is -0.478. The SMILES string of the molecule is COC(=O)c1ccc(O[C@H](c2ccc(C)cc2)[C@H](C)N)cn1.[Na+].[OH-]. The molecule has 0 unspecified atom stereocenters. The number of benzene rings is 1. The van der Waals surface area contributed by atoms with E-state index in [1.165, 1.54) is 18.9 Å². The van der Waals surface area contributed by atoms with Gasteiger partial charge in [-0.05, 0) is 31.5 Å². The van der Waals surface area contributed by atoms with Gasteiger partial charge in [0.05, 0.1) is 13.3 Å². The van der Waals surface area contributed by atoms with Crippen LogP contribution in [0.4, 0.5) is 0 Å². The average Bonchev–Trinajstić information content (AvgIpc) is 2.53. The molecule has 0 aliphatic carbocycles. The maximum atomic E-state index is 11.4. The van der Waals surface area contributed by atoms with E-state index in [1.54, 1.807) is 12.1 Å². The number of hydrogen-bond acceptors (Lipinski definition) is 6. The standard InChI is InChI=1S/C17H20N2O3.Na.H2O/c1-11-4-6-13(7-5-11)16(12(2)18)22-14-8-9-15(19-10-14)17(20)21-3;;/h4-10,12,16H,18H2,1-3H3;;1H2/q;+1;/p-1/t12-,16-;;/m0../s1. The molecule has 2 aromatic rings. The molecule has 0 saturated heterocycles. The summed E-state index contributed by atoms with van der Waals surface area (Å²) in [6.07, 6.45) is 1.21. The van der Waals surface area contributed by atoms with Crippen molar-refractivity contribution in [3.05, 3.63) is 59.4 Å². The molecule has 1 aromatic carbocycles. The number of aromatic nitrogens is 1. The normalized spacial score (nSPS) is 12.2. The fourth-order valence-corrected chi connectivity index (χ4v) is 2.06. The molecule has 0 aliphatic heterocycles. The average molecular weight is 340 g/mol. The van der Waals surface area contributed by atoms with Gasteiger partial charge in [0, 0.05) is 6.04 Å². The van der Waals surface area contributed by atoms with Crippen LogP contribution in [0.15, 0.2) is 42.6 Å². The van der Waals surface area contributed by atoms with Gasteiger partial charge >= 0.3 is 35.5 Å². The first-order valence-corrected chi connectivity index (χ1v) is 7.04. The number of rotatable bonds is 5. The number of esters is 1. The molecule has 24 heavy (non-hydrogen) atoms. The maximum absolute atomic E-state index is 11.4. The summed E-state index contributed by atoms with van der Waals surface area (Å²) in [6, 6.07) is 11.1. The Bertz CT molecular complexity index is 630. The zero-order chi connectivity index (χ0) is 16.1. The maximum Gasteiger partial charge on any atom is 1.00 e. The van der Waals surface area contributed by atoms with Crippen LogP contribution in [0.3, 0.4) is 0 Å². The second-order valence-electron chi connectivity index (χ2n) is 5.18. The molecule has 0 spiro atoms. The summed E-state index contributed by atoms with van der Waals surface area (Å²) in [5.74, 6) is 0.0735. The Morgan fingerprint density at radius 2 is 1.79 bits per heavy atom. The summed E-state index contributed by atoms with van der Waals surface area (Å²) < 4.78 is 10.5. The molecule has 0 amide bonds. The number of hydrogen-bond donors (Lipinski definition) is 1. The van der Waals surface area contributed by atoms with Gasteiger partial charge in [-0.15, -0.1) is 0 Å². The third kappa shape index (κ3) is 5.89. The quantitative estimate of drug-likeness (QED) is 0.580. The van der Waals surface area contributed by atoms with Gasteiger partial charge in [0.25, 0.3) is 0 Å². The Morgan fingerprint density at radius 1 is 1.17 bits per heavy atom. The molecule has 2 rings (SSSR count). The van der Waals surface area contributed by atoms with E-state index in [0.29, 0.717) is 5.75 Å². The number of pyridine rings is 1. The number of carbonyl (C=O) groups excluding carboxylic acids is 1. The number of aryl methyl sites for hydroxylation is 1. The van der Waals surface area contributed by atoms with Crippen LogP contribution in [0.1, 0.15) is 34.6 Å². The van der Waals surface area contributed by atoms with Crippen LogP contribution in [0.5, 0.6) is 5.75 Å². The molecule has 2 atom stereocenters. The van der Waals surface area contributed by atoms with E-state index in [1.807, 2.05) is 38.1 Å². The van der Waals surface area contributed by atoms with Crippen molar-refractivity contribution in [1.29, 1.82) is 0 Å². The molecular formula is C17H21N2NaO4. The molecule has 1 heterocycles. The van der Waals surface area contributed by atoms with Gasteiger partial charge in [0.1, 0.15) is 17.5 Å². The first-order valence-electron chi connectivity index (χ1n) is 7.04. The Balaban J connectivity index is 0.00000264. The summed E-state index contributed by atoms with van der Waals surface area (Å²) in [7, 11) is 1.32. The topological polar surface area (TPSA) is 104 Å². The van der Waals surface area contributed by atoms with Gasteiger partial charge in [0.15, 0.2) is 0 Å². The van der Waals surface area contributed by atoms with E-state index in [-0.39, 0.29) is 52.9 Å². The van der Waals surface area contributed by atoms with Gasteiger partial charge < -0.3 is 20.7 Å².